The van der Waals surface area contributed by atoms with Crippen molar-refractivity contribution in [1.82, 2.24) is 5.32 Å². The first-order valence-corrected chi connectivity index (χ1v) is 18.1. The molecule has 0 radical (unpaired) electrons. The summed E-state index contributed by atoms with van der Waals surface area (Å²) in [6.45, 7) is 6.34. The first-order chi connectivity index (χ1) is 24.5. The topological polar surface area (TPSA) is 355 Å². The number of guanidine groups is 4. The van der Waals surface area contributed by atoms with Crippen molar-refractivity contribution in [2.24, 2.45) is 95.4 Å². The Balaban J connectivity index is 6.22. The minimum absolute atomic E-state index is 0.00390. The van der Waals surface area contributed by atoms with Crippen LogP contribution in [-0.2, 0) is 24.0 Å². The number of ketones is 4. The molecule has 0 aromatic rings. The van der Waals surface area contributed by atoms with Crippen molar-refractivity contribution in [3.8, 4) is 0 Å². The number of amides is 1. The van der Waals surface area contributed by atoms with Crippen LogP contribution in [0.3, 0.4) is 0 Å². The molecule has 18 nitrogen and oxygen atoms in total. The molecule has 296 valence electrons. The van der Waals surface area contributed by atoms with E-state index in [9.17, 15) is 24.0 Å². The minimum Gasteiger partial charge on any atom is -0.370 e. The summed E-state index contributed by atoms with van der Waals surface area (Å²) in [5, 5.41) is 2.66. The fourth-order valence-electron chi connectivity index (χ4n) is 5.61. The molecule has 0 heterocycles. The second-order valence-electron chi connectivity index (χ2n) is 13.3. The number of hydrogen-bond acceptors (Lipinski definition) is 9. The summed E-state index contributed by atoms with van der Waals surface area (Å²) in [5.41, 5.74) is 43.6. The van der Waals surface area contributed by atoms with Gasteiger partial charge in [-0.2, -0.15) is 0 Å². The lowest BCUT2D eigenvalue weighted by atomic mass is 9.80. The average molecular weight is 736 g/mol. The van der Waals surface area contributed by atoms with Crippen LogP contribution in [0.2, 0.25) is 0 Å². The van der Waals surface area contributed by atoms with Gasteiger partial charge >= 0.3 is 0 Å². The van der Waals surface area contributed by atoms with Gasteiger partial charge in [0.25, 0.3) is 0 Å². The lowest BCUT2D eigenvalue weighted by molar-refractivity contribution is -0.135. The van der Waals surface area contributed by atoms with E-state index < -0.39 is 23.7 Å². The van der Waals surface area contributed by atoms with E-state index in [1.54, 1.807) is 13.8 Å². The van der Waals surface area contributed by atoms with Gasteiger partial charge in [-0.1, -0.05) is 20.8 Å². The van der Waals surface area contributed by atoms with Crippen LogP contribution in [0.4, 0.5) is 0 Å². The molecule has 0 aromatic heterocycles. The maximum Gasteiger partial charge on any atom is 0.223 e. The number of nitrogens with one attached hydrogen (secondary N) is 1. The Kier molecular flexibility index (Phi) is 24.5. The lowest BCUT2D eigenvalue weighted by Crippen LogP contribution is -2.37. The fraction of sp³-hybridized carbons (Fsp3) is 0.735. The number of aliphatic imine (C=N–C) groups is 4. The number of hydrogen-bond donors (Lipinski definition) is 9. The molecule has 18 heteroatoms. The van der Waals surface area contributed by atoms with Gasteiger partial charge in [-0.05, 0) is 57.8 Å². The summed E-state index contributed by atoms with van der Waals surface area (Å²) < 4.78 is 0. The van der Waals surface area contributed by atoms with Gasteiger partial charge in [0, 0.05) is 75.0 Å². The zero-order valence-electron chi connectivity index (χ0n) is 31.4. The van der Waals surface area contributed by atoms with Crippen LogP contribution < -0.4 is 51.2 Å². The van der Waals surface area contributed by atoms with Gasteiger partial charge in [0.1, 0.15) is 17.3 Å². The first-order valence-electron chi connectivity index (χ1n) is 18.1. The van der Waals surface area contributed by atoms with Crippen LogP contribution in [-0.4, -0.2) is 85.6 Å². The molecule has 52 heavy (non-hydrogen) atoms. The SMILES string of the molecule is CCC(CCCN=C(N)N)C(=O)CC(CCCN=C(N)N)C(=O)CC(CCCN=C(N)N)C(=O)CC(CCCN=C(N)N)C(=O)NCC(=O)C(C)C. The molecular formula is C34H65N13O5. The minimum atomic E-state index is -0.793. The Morgan fingerprint density at radius 1 is 0.481 bits per heavy atom. The standard InChI is InChI=1S/C34H65N13O5/c1-4-22(9-5-13-43-31(35)36)26(48)17-23(10-6-14-44-32(37)38)27(49)18-24(11-7-15-45-33(39)40)28(50)19-25(12-8-16-46-34(41)42)30(52)47-20-29(51)21(2)3/h21-25H,4-20H2,1-3H3,(H,47,52)(H4,35,36,43)(H4,37,38,44)(H4,39,40,45)(H4,41,42,46). The highest BCUT2D eigenvalue weighted by atomic mass is 16.2. The number of Topliss-reactive ketones (excluding diaryl/α,β-unsaturated/α-hetero) is 4. The molecule has 0 fully saturated rings. The monoisotopic (exact) mass is 736 g/mol. The van der Waals surface area contributed by atoms with E-state index in [-0.39, 0.29) is 117 Å². The third kappa shape index (κ3) is 22.8. The van der Waals surface area contributed by atoms with E-state index >= 15 is 0 Å². The Bertz CT molecular complexity index is 1250. The molecule has 17 N–H and O–H groups in total. The van der Waals surface area contributed by atoms with Gasteiger partial charge in [-0.25, -0.2) is 0 Å². The van der Waals surface area contributed by atoms with Gasteiger partial charge in [-0.3, -0.25) is 43.9 Å². The molecule has 0 rings (SSSR count). The summed E-state index contributed by atoms with van der Waals surface area (Å²) in [4.78, 5) is 82.8. The number of rotatable bonds is 30. The van der Waals surface area contributed by atoms with E-state index in [0.29, 0.717) is 51.5 Å². The highest BCUT2D eigenvalue weighted by Gasteiger charge is 2.32. The van der Waals surface area contributed by atoms with Crippen LogP contribution in [0, 0.1) is 29.6 Å². The number of carbonyl (C=O) groups excluding carboxylic acids is 5. The molecule has 0 aliphatic heterocycles. The van der Waals surface area contributed by atoms with E-state index in [4.69, 9.17) is 45.9 Å². The molecule has 0 bridgehead atoms. The highest BCUT2D eigenvalue weighted by molar-refractivity contribution is 5.94. The molecule has 0 aliphatic carbocycles. The van der Waals surface area contributed by atoms with Crippen LogP contribution in [0.25, 0.3) is 0 Å². The van der Waals surface area contributed by atoms with E-state index in [2.05, 4.69) is 25.3 Å². The van der Waals surface area contributed by atoms with Crippen molar-refractivity contribution < 1.29 is 24.0 Å². The predicted molar refractivity (Wildman–Crippen MR) is 206 cm³/mol. The third-order valence-electron chi connectivity index (χ3n) is 8.67. The average Bonchev–Trinajstić information content (AvgIpc) is 3.06. The van der Waals surface area contributed by atoms with Crippen molar-refractivity contribution in [3.63, 3.8) is 0 Å². The molecular weight excluding hydrogens is 670 g/mol. The largest absolute Gasteiger partial charge is 0.370 e. The fourth-order valence-corrected chi connectivity index (χ4v) is 5.61. The van der Waals surface area contributed by atoms with Gasteiger partial charge < -0.3 is 51.2 Å². The zero-order valence-corrected chi connectivity index (χ0v) is 31.4. The molecule has 0 aromatic carbocycles. The lowest BCUT2D eigenvalue weighted by Gasteiger charge is -2.23. The highest BCUT2D eigenvalue weighted by Crippen LogP contribution is 2.27. The van der Waals surface area contributed by atoms with Gasteiger partial charge in [0.15, 0.2) is 29.6 Å². The van der Waals surface area contributed by atoms with Crippen LogP contribution >= 0.6 is 0 Å². The second kappa shape index (κ2) is 27.0. The smallest absolute Gasteiger partial charge is 0.223 e. The summed E-state index contributed by atoms with van der Waals surface area (Å²) in [5.74, 6) is -4.32. The van der Waals surface area contributed by atoms with Crippen LogP contribution in [0.15, 0.2) is 20.0 Å². The molecule has 0 saturated carbocycles. The molecule has 1 amide bonds. The predicted octanol–water partition coefficient (Wildman–Crippen LogP) is -0.706. The Morgan fingerprint density at radius 3 is 1.12 bits per heavy atom. The first kappa shape index (κ1) is 47.2. The van der Waals surface area contributed by atoms with Crippen molar-refractivity contribution in [2.75, 3.05) is 32.7 Å². The molecule has 0 saturated heterocycles. The van der Waals surface area contributed by atoms with E-state index in [1.165, 1.54) is 0 Å². The van der Waals surface area contributed by atoms with Gasteiger partial charge in [0.2, 0.25) is 5.91 Å². The normalized spacial score (nSPS) is 13.2. The summed E-state index contributed by atoms with van der Waals surface area (Å²) in [6.07, 6.45) is 3.53. The molecule has 0 aliphatic rings. The molecule has 0 spiro atoms. The molecule has 4 unspecified atom stereocenters. The van der Waals surface area contributed by atoms with E-state index in [0.717, 1.165) is 0 Å². The Labute approximate surface area is 307 Å². The number of nitrogens with zero attached hydrogens (tertiary/aromatic N) is 4. The molecule has 4 atom stereocenters. The van der Waals surface area contributed by atoms with Crippen molar-refractivity contribution in [2.45, 2.75) is 97.8 Å². The second-order valence-corrected chi connectivity index (χ2v) is 13.3. The summed E-state index contributed by atoms with van der Waals surface area (Å²) in [6, 6.07) is 0. The van der Waals surface area contributed by atoms with Crippen molar-refractivity contribution in [3.05, 3.63) is 0 Å². The maximum atomic E-state index is 14.0. The Morgan fingerprint density at radius 2 is 0.788 bits per heavy atom. The Hall–Kier alpha value is -4.77. The summed E-state index contributed by atoms with van der Waals surface area (Å²) in [7, 11) is 0. The quantitative estimate of drug-likeness (QED) is 0.0250. The number of carbonyl (C=O) groups is 5. The third-order valence-corrected chi connectivity index (χ3v) is 8.67. The summed E-state index contributed by atoms with van der Waals surface area (Å²) >= 11 is 0. The van der Waals surface area contributed by atoms with Gasteiger partial charge in [-0.15, -0.1) is 0 Å². The van der Waals surface area contributed by atoms with Gasteiger partial charge in [0.05, 0.1) is 6.54 Å². The zero-order chi connectivity index (χ0) is 39.6. The van der Waals surface area contributed by atoms with Crippen molar-refractivity contribution >= 4 is 52.9 Å². The van der Waals surface area contributed by atoms with Crippen LogP contribution in [0.1, 0.15) is 97.8 Å². The van der Waals surface area contributed by atoms with Crippen LogP contribution in [0.5, 0.6) is 0 Å². The van der Waals surface area contributed by atoms with Crippen molar-refractivity contribution in [1.29, 1.82) is 0 Å². The number of nitrogens with two attached hydrogens (primary N) is 8. The maximum absolute atomic E-state index is 14.0. The van der Waals surface area contributed by atoms with E-state index in [1.807, 2.05) is 6.92 Å².